The average Bonchev–Trinajstić information content (AvgIpc) is 2.89. The summed E-state index contributed by atoms with van der Waals surface area (Å²) in [5, 5.41) is 20.6. The molecular formula is C22H38O5. The van der Waals surface area contributed by atoms with Gasteiger partial charge >= 0.3 is 5.97 Å². The van der Waals surface area contributed by atoms with Gasteiger partial charge in [-0.1, -0.05) is 51.2 Å². The Labute approximate surface area is 164 Å². The molecule has 27 heavy (non-hydrogen) atoms. The van der Waals surface area contributed by atoms with Crippen LogP contribution in [0.2, 0.25) is 0 Å². The van der Waals surface area contributed by atoms with Crippen LogP contribution in [-0.2, 0) is 14.3 Å². The zero-order chi connectivity index (χ0) is 20.3. The van der Waals surface area contributed by atoms with Gasteiger partial charge in [0, 0.05) is 24.7 Å². The Morgan fingerprint density at radius 3 is 2.63 bits per heavy atom. The highest BCUT2D eigenvalue weighted by Crippen LogP contribution is 2.34. The lowest BCUT2D eigenvalue weighted by molar-refractivity contribution is -0.140. The Bertz CT molecular complexity index is 483. The van der Waals surface area contributed by atoms with Crippen LogP contribution in [0.25, 0.3) is 0 Å². The highest BCUT2D eigenvalue weighted by atomic mass is 16.5. The van der Waals surface area contributed by atoms with Crippen molar-refractivity contribution < 1.29 is 24.5 Å². The van der Waals surface area contributed by atoms with Crippen molar-refractivity contribution in [3.8, 4) is 0 Å². The van der Waals surface area contributed by atoms with Crippen LogP contribution in [-0.4, -0.2) is 40.8 Å². The van der Waals surface area contributed by atoms with Crippen molar-refractivity contribution in [2.45, 2.75) is 96.2 Å². The summed E-state index contributed by atoms with van der Waals surface area (Å²) in [6.07, 6.45) is 11.7. The van der Waals surface area contributed by atoms with Gasteiger partial charge in [0.1, 0.15) is 5.78 Å². The number of ketones is 1. The van der Waals surface area contributed by atoms with Gasteiger partial charge in [0.05, 0.1) is 18.8 Å². The number of aliphatic hydroxyl groups excluding tert-OH is 1. The first kappa shape index (κ1) is 23.8. The summed E-state index contributed by atoms with van der Waals surface area (Å²) in [5.74, 6) is -0.305. The van der Waals surface area contributed by atoms with Crippen LogP contribution in [0.5, 0.6) is 0 Å². The summed E-state index contributed by atoms with van der Waals surface area (Å²) in [6.45, 7) is 3.95. The lowest BCUT2D eigenvalue weighted by atomic mass is 9.87. The maximum atomic E-state index is 12.2. The number of carbonyl (C=O) groups is 2. The first-order valence-electron chi connectivity index (χ1n) is 10.5. The number of hydrogen-bond acceptors (Lipinski definition) is 5. The van der Waals surface area contributed by atoms with Crippen molar-refractivity contribution in [2.75, 3.05) is 7.11 Å². The molecule has 0 spiro atoms. The fraction of sp³-hybridized carbons (Fsp3) is 0.818. The molecule has 1 aliphatic carbocycles. The lowest BCUT2D eigenvalue weighted by Gasteiger charge is -2.22. The molecule has 0 aliphatic heterocycles. The highest BCUT2D eigenvalue weighted by Gasteiger charge is 2.39. The van der Waals surface area contributed by atoms with E-state index in [-0.39, 0.29) is 30.0 Å². The number of hydrogen-bond donors (Lipinski definition) is 2. The van der Waals surface area contributed by atoms with Crippen LogP contribution < -0.4 is 0 Å². The number of ether oxygens (including phenoxy) is 1. The molecule has 0 aromatic carbocycles. The van der Waals surface area contributed by atoms with E-state index in [0.717, 1.165) is 51.4 Å². The monoisotopic (exact) mass is 382 g/mol. The molecule has 1 aliphatic rings. The van der Waals surface area contributed by atoms with E-state index in [9.17, 15) is 19.8 Å². The molecule has 0 amide bonds. The molecule has 1 rings (SSSR count). The van der Waals surface area contributed by atoms with Crippen LogP contribution in [0, 0.1) is 11.8 Å². The topological polar surface area (TPSA) is 83.8 Å². The smallest absolute Gasteiger partial charge is 0.305 e. The largest absolute Gasteiger partial charge is 0.469 e. The second kappa shape index (κ2) is 12.3. The second-order valence-electron chi connectivity index (χ2n) is 8.18. The third-order valence-corrected chi connectivity index (χ3v) is 5.59. The van der Waals surface area contributed by atoms with Crippen molar-refractivity contribution >= 4 is 11.8 Å². The Morgan fingerprint density at radius 1 is 1.26 bits per heavy atom. The van der Waals surface area contributed by atoms with E-state index in [4.69, 9.17) is 0 Å². The molecule has 3 unspecified atom stereocenters. The molecule has 1 fully saturated rings. The van der Waals surface area contributed by atoms with Crippen molar-refractivity contribution in [1.29, 1.82) is 0 Å². The predicted molar refractivity (Wildman–Crippen MR) is 106 cm³/mol. The molecule has 0 radical (unpaired) electrons. The van der Waals surface area contributed by atoms with Crippen LogP contribution in [0.15, 0.2) is 12.2 Å². The normalized spacial score (nSPS) is 25.1. The molecule has 0 aromatic rings. The first-order chi connectivity index (χ1) is 12.8. The summed E-state index contributed by atoms with van der Waals surface area (Å²) in [5.41, 5.74) is -0.727. The molecular weight excluding hydrogens is 344 g/mol. The quantitative estimate of drug-likeness (QED) is 0.286. The number of carbonyl (C=O) groups excluding carboxylic acids is 2. The minimum Gasteiger partial charge on any atom is -0.469 e. The zero-order valence-electron chi connectivity index (χ0n) is 17.3. The molecule has 1 saturated carbocycles. The fourth-order valence-electron chi connectivity index (χ4n) is 3.82. The summed E-state index contributed by atoms with van der Waals surface area (Å²) in [7, 11) is 1.40. The van der Waals surface area contributed by atoms with E-state index in [1.807, 2.05) is 19.1 Å². The number of unbranched alkanes of at least 4 members (excludes halogenated alkanes) is 4. The number of esters is 1. The molecule has 0 bridgehead atoms. The maximum absolute atomic E-state index is 12.2. The molecule has 0 aromatic heterocycles. The second-order valence-corrected chi connectivity index (χ2v) is 8.18. The van der Waals surface area contributed by atoms with Gasteiger partial charge in [-0.3, -0.25) is 9.59 Å². The lowest BCUT2D eigenvalue weighted by Crippen LogP contribution is -2.23. The van der Waals surface area contributed by atoms with Crippen molar-refractivity contribution in [1.82, 2.24) is 0 Å². The summed E-state index contributed by atoms with van der Waals surface area (Å²) in [4.78, 5) is 23.3. The molecule has 5 nitrogen and oxygen atoms in total. The average molecular weight is 383 g/mol. The zero-order valence-corrected chi connectivity index (χ0v) is 17.3. The third kappa shape index (κ3) is 9.02. The summed E-state index contributed by atoms with van der Waals surface area (Å²) < 4.78 is 4.62. The van der Waals surface area contributed by atoms with Gasteiger partial charge in [-0.25, -0.2) is 0 Å². The van der Waals surface area contributed by atoms with Gasteiger partial charge in [-0.05, 0) is 32.6 Å². The van der Waals surface area contributed by atoms with Gasteiger partial charge in [-0.15, -0.1) is 0 Å². The van der Waals surface area contributed by atoms with Crippen molar-refractivity contribution in [2.24, 2.45) is 11.8 Å². The van der Waals surface area contributed by atoms with Crippen LogP contribution >= 0.6 is 0 Å². The third-order valence-electron chi connectivity index (χ3n) is 5.59. The van der Waals surface area contributed by atoms with E-state index in [1.165, 1.54) is 7.11 Å². The number of methoxy groups -OCH3 is 1. The number of Topliss-reactive ketones (excluding diaryl/α,β-unsaturated/α-hetero) is 1. The SMILES string of the molecule is CCCCC(C)(O)CC=CC1C(CCCCCCC(=O)OC)C(=O)C[C@H]1O. The van der Waals surface area contributed by atoms with Crippen molar-refractivity contribution in [3.63, 3.8) is 0 Å². The molecule has 2 N–H and O–H groups in total. The Hall–Kier alpha value is -1.20. The number of rotatable bonds is 13. The van der Waals surface area contributed by atoms with Gasteiger partial charge in [0.15, 0.2) is 0 Å². The van der Waals surface area contributed by atoms with Gasteiger partial charge in [0.25, 0.3) is 0 Å². The van der Waals surface area contributed by atoms with Crippen LogP contribution in [0.1, 0.15) is 84.5 Å². The molecule has 5 heteroatoms. The van der Waals surface area contributed by atoms with E-state index in [2.05, 4.69) is 11.7 Å². The Balaban J connectivity index is 2.42. The standard InChI is InChI=1S/C22H38O5/c1-4-5-14-22(2,26)15-10-12-18-17(19(23)16-20(18)24)11-8-6-7-9-13-21(25)27-3/h10,12,17-18,20,24,26H,4-9,11,13-16H2,1-3H3/t17?,18?,20-,22?/m1/s1. The molecule has 4 atom stereocenters. The van der Waals surface area contributed by atoms with Gasteiger partial charge < -0.3 is 14.9 Å². The predicted octanol–water partition coefficient (Wildman–Crippen LogP) is 3.95. The molecule has 0 heterocycles. The summed E-state index contributed by atoms with van der Waals surface area (Å²) >= 11 is 0. The first-order valence-corrected chi connectivity index (χ1v) is 10.5. The maximum Gasteiger partial charge on any atom is 0.305 e. The van der Waals surface area contributed by atoms with Gasteiger partial charge in [-0.2, -0.15) is 0 Å². The Morgan fingerprint density at radius 2 is 1.96 bits per heavy atom. The fourth-order valence-corrected chi connectivity index (χ4v) is 3.82. The van der Waals surface area contributed by atoms with E-state index in [1.54, 1.807) is 0 Å². The minimum atomic E-state index is -0.727. The molecule has 156 valence electrons. The number of aliphatic hydroxyl groups is 2. The Kier molecular flexibility index (Phi) is 10.9. The van der Waals surface area contributed by atoms with Gasteiger partial charge in [0.2, 0.25) is 0 Å². The van der Waals surface area contributed by atoms with Crippen molar-refractivity contribution in [3.05, 3.63) is 12.2 Å². The van der Waals surface area contributed by atoms with E-state index >= 15 is 0 Å². The minimum absolute atomic E-state index is 0.127. The molecule has 0 saturated heterocycles. The van der Waals surface area contributed by atoms with Crippen LogP contribution in [0.3, 0.4) is 0 Å². The van der Waals surface area contributed by atoms with E-state index < -0.39 is 11.7 Å². The van der Waals surface area contributed by atoms with E-state index in [0.29, 0.717) is 12.8 Å². The summed E-state index contributed by atoms with van der Waals surface area (Å²) in [6, 6.07) is 0. The highest BCUT2D eigenvalue weighted by molar-refractivity contribution is 5.84. The van der Waals surface area contributed by atoms with Crippen LogP contribution in [0.4, 0.5) is 0 Å².